The summed E-state index contributed by atoms with van der Waals surface area (Å²) in [6.45, 7) is 1.48. The maximum Gasteiger partial charge on any atom is 0.251 e. The molecule has 2 atom stereocenters. The molecule has 0 bridgehead atoms. The average molecular weight is 668 g/mol. The molecule has 0 fully saturated rings. The van der Waals surface area contributed by atoms with Crippen molar-refractivity contribution in [2.75, 3.05) is 42.5 Å². The van der Waals surface area contributed by atoms with E-state index in [1.165, 1.54) is 9.80 Å². The lowest BCUT2D eigenvalue weighted by Gasteiger charge is -2.27. The maximum atomic E-state index is 14.2. The third kappa shape index (κ3) is 7.00. The van der Waals surface area contributed by atoms with Gasteiger partial charge in [-0.15, -0.1) is 12.4 Å². The van der Waals surface area contributed by atoms with Gasteiger partial charge in [-0.05, 0) is 55.1 Å². The van der Waals surface area contributed by atoms with Gasteiger partial charge in [-0.3, -0.25) is 14.4 Å². The molecule has 0 radical (unpaired) electrons. The molecule has 1 aliphatic heterocycles. The Morgan fingerprint density at radius 2 is 1.76 bits per heavy atom. The van der Waals surface area contributed by atoms with Gasteiger partial charge in [0.25, 0.3) is 5.91 Å². The van der Waals surface area contributed by atoms with Crippen molar-refractivity contribution in [1.29, 1.82) is 0 Å². The lowest BCUT2D eigenvalue weighted by Crippen LogP contribution is -2.56. The highest BCUT2D eigenvalue weighted by Crippen LogP contribution is 2.38. The molecule has 0 saturated carbocycles. The second kappa shape index (κ2) is 13.2. The van der Waals surface area contributed by atoms with E-state index in [2.05, 4.69) is 26.6 Å². The highest BCUT2D eigenvalue weighted by molar-refractivity contribution is 9.10. The minimum absolute atomic E-state index is 0. The Morgan fingerprint density at radius 1 is 1.07 bits per heavy atom. The van der Waals surface area contributed by atoms with Crippen LogP contribution in [0.3, 0.4) is 0 Å². The fourth-order valence-electron chi connectivity index (χ4n) is 4.70. The third-order valence-corrected chi connectivity index (χ3v) is 8.30. The van der Waals surface area contributed by atoms with Crippen molar-refractivity contribution in [2.24, 2.45) is 0 Å². The minimum atomic E-state index is -3.67. The zero-order chi connectivity index (χ0) is 29.2. The van der Waals surface area contributed by atoms with E-state index < -0.39 is 45.4 Å². The molecule has 1 aliphatic rings. The minimum Gasteiger partial charge on any atom is -0.496 e. The van der Waals surface area contributed by atoms with Gasteiger partial charge in [0.2, 0.25) is 11.8 Å². The summed E-state index contributed by atoms with van der Waals surface area (Å²) in [5.41, 5.74) is 1.50. The zero-order valence-corrected chi connectivity index (χ0v) is 26.2. The largest absolute Gasteiger partial charge is 0.496 e. The van der Waals surface area contributed by atoms with Gasteiger partial charge in [-0.2, -0.15) is 0 Å². The maximum absolute atomic E-state index is 14.2. The highest BCUT2D eigenvalue weighted by Gasteiger charge is 2.38. The van der Waals surface area contributed by atoms with E-state index in [4.69, 9.17) is 4.74 Å². The molecule has 10 nitrogen and oxygen atoms in total. The summed E-state index contributed by atoms with van der Waals surface area (Å²) in [6, 6.07) is 14.5. The van der Waals surface area contributed by atoms with Crippen molar-refractivity contribution in [1.82, 2.24) is 10.6 Å². The summed E-state index contributed by atoms with van der Waals surface area (Å²) < 4.78 is 30.6. The van der Waals surface area contributed by atoms with Gasteiger partial charge in [0, 0.05) is 16.3 Å². The van der Waals surface area contributed by atoms with Crippen LogP contribution in [0.5, 0.6) is 5.75 Å². The second-order valence-electron chi connectivity index (χ2n) is 9.64. The van der Waals surface area contributed by atoms with Crippen molar-refractivity contribution < 1.29 is 27.5 Å². The number of anilines is 2. The number of benzene rings is 3. The normalized spacial score (nSPS) is 15.9. The van der Waals surface area contributed by atoms with Crippen LogP contribution in [-0.2, 0) is 30.8 Å². The molecule has 3 amide bonds. The predicted octanol–water partition coefficient (Wildman–Crippen LogP) is 3.05. The molecule has 3 aromatic rings. The number of hydrogen-bond acceptors (Lipinski definition) is 7. The number of hydrogen-bond donors (Lipinski definition) is 2. The van der Waals surface area contributed by atoms with Gasteiger partial charge < -0.3 is 25.2 Å². The van der Waals surface area contributed by atoms with Crippen LogP contribution < -0.4 is 25.2 Å². The van der Waals surface area contributed by atoms with Crippen molar-refractivity contribution >= 4 is 78.0 Å². The van der Waals surface area contributed by atoms with Gasteiger partial charge in [0.05, 0.1) is 37.6 Å². The van der Waals surface area contributed by atoms with E-state index in [0.717, 1.165) is 27.1 Å². The molecule has 0 aromatic heterocycles. The fourth-order valence-corrected chi connectivity index (χ4v) is 5.80. The number of methoxy groups -OCH3 is 1. The van der Waals surface area contributed by atoms with Crippen LogP contribution in [0.2, 0.25) is 0 Å². The van der Waals surface area contributed by atoms with Gasteiger partial charge in [0.1, 0.15) is 17.5 Å². The molecule has 3 aromatic carbocycles. The lowest BCUT2D eigenvalue weighted by molar-refractivity contribution is -0.128. The molecule has 2 N–H and O–H groups in total. The monoisotopic (exact) mass is 666 g/mol. The summed E-state index contributed by atoms with van der Waals surface area (Å²) in [6.07, 6.45) is 0.977. The summed E-state index contributed by atoms with van der Waals surface area (Å²) >= 11 is 3.59. The number of carbonyl (C=O) groups excluding carboxylic acids is 3. The number of fused-ring (bicyclic) bond motifs is 2. The van der Waals surface area contributed by atoms with E-state index in [0.29, 0.717) is 17.1 Å². The number of carbonyl (C=O) groups is 3. The van der Waals surface area contributed by atoms with E-state index >= 15 is 0 Å². The Morgan fingerprint density at radius 3 is 2.39 bits per heavy atom. The molecule has 0 aliphatic carbocycles. The van der Waals surface area contributed by atoms with Crippen LogP contribution in [0.15, 0.2) is 59.1 Å². The van der Waals surface area contributed by atoms with Crippen molar-refractivity contribution in [3.8, 4) is 5.75 Å². The van der Waals surface area contributed by atoms with Crippen LogP contribution in [0.25, 0.3) is 10.8 Å². The number of nitrogens with zero attached hydrogens (tertiary/aromatic N) is 2. The Hall–Kier alpha value is -3.19. The number of nitrogens with one attached hydrogen (secondary N) is 2. The molecular weight excluding hydrogens is 636 g/mol. The molecule has 13 heteroatoms. The van der Waals surface area contributed by atoms with Crippen LogP contribution in [-0.4, -0.2) is 70.9 Å². The summed E-state index contributed by atoms with van der Waals surface area (Å²) in [5.74, 6) is -1.76. The van der Waals surface area contributed by atoms with Gasteiger partial charge in [0.15, 0.2) is 9.84 Å². The van der Waals surface area contributed by atoms with Crippen molar-refractivity contribution in [2.45, 2.75) is 25.6 Å². The summed E-state index contributed by atoms with van der Waals surface area (Å²) in [7, 11) is -0.497. The first kappa shape index (κ1) is 32.3. The summed E-state index contributed by atoms with van der Waals surface area (Å²) in [4.78, 5) is 43.2. The van der Waals surface area contributed by atoms with Gasteiger partial charge >= 0.3 is 0 Å². The Balaban J connectivity index is 0.00000462. The number of likely N-dealkylation sites (N-methyl/N-ethyl adjacent to an activating group) is 1. The molecule has 0 unspecified atom stereocenters. The number of sulfone groups is 1. The molecule has 1 heterocycles. The van der Waals surface area contributed by atoms with E-state index in [-0.39, 0.29) is 25.5 Å². The lowest BCUT2D eigenvalue weighted by atomic mass is 10.0. The average Bonchev–Trinajstić information content (AvgIpc) is 3.02. The van der Waals surface area contributed by atoms with Crippen molar-refractivity contribution in [3.05, 3.63) is 64.6 Å². The smallest absolute Gasteiger partial charge is 0.251 e. The van der Waals surface area contributed by atoms with Gasteiger partial charge in [-0.25, -0.2) is 8.42 Å². The number of para-hydroxylation sites is 2. The first-order chi connectivity index (χ1) is 18.9. The number of halogens is 2. The van der Waals surface area contributed by atoms with Crippen LogP contribution in [0, 0.1) is 0 Å². The first-order valence-electron chi connectivity index (χ1n) is 12.6. The number of ether oxygens (including phenoxy) is 1. The molecule has 220 valence electrons. The van der Waals surface area contributed by atoms with Crippen molar-refractivity contribution in [3.63, 3.8) is 0 Å². The van der Waals surface area contributed by atoms with E-state index in [1.54, 1.807) is 45.3 Å². The quantitative estimate of drug-likeness (QED) is 0.379. The Kier molecular flexibility index (Phi) is 10.4. The molecular formula is C28H32BrClN4O6S. The van der Waals surface area contributed by atoms with Crippen LogP contribution >= 0.6 is 28.3 Å². The molecule has 0 spiro atoms. The zero-order valence-electron chi connectivity index (χ0n) is 23.0. The highest BCUT2D eigenvalue weighted by atomic mass is 79.9. The number of rotatable bonds is 8. The standard InChI is InChI=1S/C28H31BrN4O6S.ClH/c1-17(30-2)27(35)31-22-15-32(26(34)16-40(4,37)38)23-10-5-6-11-24(23)33(28(22)36)14-20-18-8-7-9-21(29)19(18)12-13-25(20)39-3;/h5-13,17,22,30H,14-16H2,1-4H3,(H,31,35);1H/t17-,22-;/m0./s1. The predicted molar refractivity (Wildman–Crippen MR) is 166 cm³/mol. The topological polar surface area (TPSA) is 125 Å². The van der Waals surface area contributed by atoms with E-state index in [1.807, 2.05) is 30.3 Å². The van der Waals surface area contributed by atoms with Crippen LogP contribution in [0.4, 0.5) is 11.4 Å². The SMILES string of the molecule is CN[C@@H](C)C(=O)N[C@H]1CN(C(=O)CS(C)(=O)=O)c2ccccc2N(Cc2c(OC)ccc3c(Br)cccc23)C1=O.Cl. The number of amides is 3. The third-order valence-electron chi connectivity index (χ3n) is 6.84. The Labute approximate surface area is 253 Å². The molecule has 0 saturated heterocycles. The Bertz CT molecular complexity index is 1590. The van der Waals surface area contributed by atoms with Gasteiger partial charge in [-0.1, -0.05) is 40.2 Å². The second-order valence-corrected chi connectivity index (χ2v) is 12.6. The fraction of sp³-hybridized carbons (Fsp3) is 0.321. The first-order valence-corrected chi connectivity index (χ1v) is 15.4. The summed E-state index contributed by atoms with van der Waals surface area (Å²) in [5, 5.41) is 7.38. The molecule has 41 heavy (non-hydrogen) atoms. The molecule has 4 rings (SSSR count). The van der Waals surface area contributed by atoms with Crippen LogP contribution in [0.1, 0.15) is 12.5 Å². The van der Waals surface area contributed by atoms with E-state index in [9.17, 15) is 22.8 Å².